The zero-order valence-corrected chi connectivity index (χ0v) is 19.1. The number of H-pyrrole nitrogens is 1. The van der Waals surface area contributed by atoms with Gasteiger partial charge in [0.2, 0.25) is 5.91 Å². The molecule has 1 N–H and O–H groups in total. The van der Waals surface area contributed by atoms with Crippen LogP contribution in [-0.4, -0.2) is 38.4 Å². The summed E-state index contributed by atoms with van der Waals surface area (Å²) in [6.07, 6.45) is 6.63. The second kappa shape index (κ2) is 8.81. The fraction of sp³-hybridized carbons (Fsp3) is 0.407. The number of rotatable bonds is 6. The number of para-hydroxylation sites is 3. The third kappa shape index (κ3) is 3.92. The Morgan fingerprint density at radius 3 is 2.84 bits per heavy atom. The molecule has 3 heterocycles. The summed E-state index contributed by atoms with van der Waals surface area (Å²) < 4.78 is 2.37. The molecule has 1 aliphatic rings. The number of nitrogens with zero attached hydrogens (tertiary/aromatic N) is 3. The average Bonchev–Trinajstić information content (AvgIpc) is 3.41. The van der Waals surface area contributed by atoms with Crippen LogP contribution >= 0.6 is 0 Å². The third-order valence-corrected chi connectivity index (χ3v) is 6.79. The molecule has 1 fully saturated rings. The maximum Gasteiger partial charge on any atom is 0.222 e. The molecule has 1 saturated heterocycles. The highest BCUT2D eigenvalue weighted by Gasteiger charge is 2.29. The number of fused-ring (bicyclic) bond motifs is 2. The molecule has 0 radical (unpaired) electrons. The monoisotopic (exact) mass is 428 g/mol. The van der Waals surface area contributed by atoms with Gasteiger partial charge in [0, 0.05) is 48.6 Å². The number of hydrogen-bond donors (Lipinski definition) is 1. The number of amides is 1. The minimum atomic E-state index is 0.279. The summed E-state index contributed by atoms with van der Waals surface area (Å²) in [6.45, 7) is 6.08. The molecule has 166 valence electrons. The van der Waals surface area contributed by atoms with Gasteiger partial charge in [0.25, 0.3) is 0 Å². The Balaban J connectivity index is 1.25. The number of nitrogens with one attached hydrogen (secondary N) is 1. The standard InChI is InChI=1S/C27H32N4O/c1-19(2)31-25-14-6-5-13-24(25)29-27(31)21-10-8-16-30(18-21)26(32)15-7-9-20-17-28-23-12-4-3-11-22(20)23/h3-6,11-14,17,19,21,28H,7-10,15-16,18H2,1-2H3. The summed E-state index contributed by atoms with van der Waals surface area (Å²) in [5.41, 5.74) is 4.72. The van der Waals surface area contributed by atoms with Crippen LogP contribution in [0.3, 0.4) is 0 Å². The number of piperidine rings is 1. The molecule has 1 amide bonds. The topological polar surface area (TPSA) is 53.9 Å². The number of carbonyl (C=O) groups is 1. The van der Waals surface area contributed by atoms with Crippen LogP contribution in [0, 0.1) is 0 Å². The Morgan fingerprint density at radius 1 is 1.16 bits per heavy atom. The minimum absolute atomic E-state index is 0.279. The summed E-state index contributed by atoms with van der Waals surface area (Å²) in [4.78, 5) is 23.5. The normalized spacial score (nSPS) is 17.0. The lowest BCUT2D eigenvalue weighted by Gasteiger charge is -2.33. The lowest BCUT2D eigenvalue weighted by Crippen LogP contribution is -2.39. The van der Waals surface area contributed by atoms with Crippen LogP contribution in [0.25, 0.3) is 21.9 Å². The van der Waals surface area contributed by atoms with Gasteiger partial charge in [0.15, 0.2) is 0 Å². The van der Waals surface area contributed by atoms with E-state index in [1.807, 2.05) is 12.1 Å². The van der Waals surface area contributed by atoms with Crippen molar-refractivity contribution in [2.75, 3.05) is 13.1 Å². The number of carbonyl (C=O) groups excluding carboxylic acids is 1. The van der Waals surface area contributed by atoms with Crippen molar-refractivity contribution in [3.63, 3.8) is 0 Å². The van der Waals surface area contributed by atoms with Crippen LogP contribution < -0.4 is 0 Å². The van der Waals surface area contributed by atoms with Crippen LogP contribution in [0.15, 0.2) is 54.7 Å². The van der Waals surface area contributed by atoms with Gasteiger partial charge in [-0.05, 0) is 63.3 Å². The Bertz CT molecular complexity index is 1230. The van der Waals surface area contributed by atoms with Gasteiger partial charge >= 0.3 is 0 Å². The lowest BCUT2D eigenvalue weighted by molar-refractivity contribution is -0.132. The molecule has 5 rings (SSSR count). The van der Waals surface area contributed by atoms with Crippen LogP contribution in [0.5, 0.6) is 0 Å². The van der Waals surface area contributed by atoms with E-state index in [9.17, 15) is 4.79 Å². The summed E-state index contributed by atoms with van der Waals surface area (Å²) in [6, 6.07) is 17.1. The largest absolute Gasteiger partial charge is 0.361 e. The van der Waals surface area contributed by atoms with Crippen molar-refractivity contribution < 1.29 is 4.79 Å². The highest BCUT2D eigenvalue weighted by atomic mass is 16.2. The Morgan fingerprint density at radius 2 is 1.97 bits per heavy atom. The van der Waals surface area contributed by atoms with Crippen molar-refractivity contribution in [1.29, 1.82) is 0 Å². The first kappa shape index (κ1) is 20.8. The molecule has 5 heteroatoms. The second-order valence-electron chi connectivity index (χ2n) is 9.31. The van der Waals surface area contributed by atoms with Crippen molar-refractivity contribution in [2.24, 2.45) is 0 Å². The van der Waals surface area contributed by atoms with Gasteiger partial charge in [-0.25, -0.2) is 4.98 Å². The molecule has 0 saturated carbocycles. The summed E-state index contributed by atoms with van der Waals surface area (Å²) in [5, 5.41) is 1.27. The Hall–Kier alpha value is -3.08. The molecule has 1 aliphatic heterocycles. The quantitative estimate of drug-likeness (QED) is 0.420. The molecule has 32 heavy (non-hydrogen) atoms. The van der Waals surface area contributed by atoms with Crippen molar-refractivity contribution >= 4 is 27.8 Å². The first-order valence-corrected chi connectivity index (χ1v) is 11.9. The summed E-state index contributed by atoms with van der Waals surface area (Å²) >= 11 is 0. The van der Waals surface area contributed by atoms with E-state index in [2.05, 4.69) is 70.9 Å². The van der Waals surface area contributed by atoms with E-state index in [1.165, 1.54) is 22.0 Å². The van der Waals surface area contributed by atoms with Crippen molar-refractivity contribution in [1.82, 2.24) is 19.4 Å². The van der Waals surface area contributed by atoms with Gasteiger partial charge in [-0.3, -0.25) is 4.79 Å². The number of benzene rings is 2. The number of hydrogen-bond acceptors (Lipinski definition) is 2. The second-order valence-corrected chi connectivity index (χ2v) is 9.31. The molecule has 1 unspecified atom stereocenters. The van der Waals surface area contributed by atoms with Crippen LogP contribution in [0.2, 0.25) is 0 Å². The van der Waals surface area contributed by atoms with Gasteiger partial charge in [0.05, 0.1) is 11.0 Å². The van der Waals surface area contributed by atoms with Gasteiger partial charge in [-0.15, -0.1) is 0 Å². The molecular weight excluding hydrogens is 396 g/mol. The molecule has 0 aliphatic carbocycles. The Kier molecular flexibility index (Phi) is 5.73. The summed E-state index contributed by atoms with van der Waals surface area (Å²) in [5.74, 6) is 1.72. The zero-order valence-electron chi connectivity index (χ0n) is 19.1. The smallest absolute Gasteiger partial charge is 0.222 e. The maximum atomic E-state index is 13.0. The Labute approximate surface area is 189 Å². The minimum Gasteiger partial charge on any atom is -0.361 e. The van der Waals surface area contributed by atoms with Gasteiger partial charge in [-0.1, -0.05) is 30.3 Å². The molecular formula is C27H32N4O. The van der Waals surface area contributed by atoms with Crippen LogP contribution in [-0.2, 0) is 11.2 Å². The first-order chi connectivity index (χ1) is 15.6. The van der Waals surface area contributed by atoms with Crippen molar-refractivity contribution in [3.05, 3.63) is 66.1 Å². The van der Waals surface area contributed by atoms with Gasteiger partial charge in [-0.2, -0.15) is 0 Å². The van der Waals surface area contributed by atoms with Gasteiger partial charge in [0.1, 0.15) is 5.82 Å². The average molecular weight is 429 g/mol. The molecule has 2 aromatic carbocycles. The SMILES string of the molecule is CC(C)n1c(C2CCCN(C(=O)CCCc3c[nH]c4ccccc34)C2)nc2ccccc21. The molecule has 0 bridgehead atoms. The van der Waals surface area contributed by atoms with E-state index in [4.69, 9.17) is 4.98 Å². The zero-order chi connectivity index (χ0) is 22.1. The fourth-order valence-electron chi connectivity index (χ4n) is 5.23. The van der Waals surface area contributed by atoms with Crippen LogP contribution in [0.4, 0.5) is 0 Å². The van der Waals surface area contributed by atoms with E-state index in [0.717, 1.165) is 50.1 Å². The number of imidazole rings is 1. The fourth-order valence-corrected chi connectivity index (χ4v) is 5.23. The van der Waals surface area contributed by atoms with E-state index in [0.29, 0.717) is 18.4 Å². The molecule has 1 atom stereocenters. The molecule has 0 spiro atoms. The number of aromatic amines is 1. The predicted octanol–water partition coefficient (Wildman–Crippen LogP) is 5.83. The van der Waals surface area contributed by atoms with E-state index < -0.39 is 0 Å². The molecule has 5 nitrogen and oxygen atoms in total. The van der Waals surface area contributed by atoms with Gasteiger partial charge < -0.3 is 14.5 Å². The highest BCUT2D eigenvalue weighted by Crippen LogP contribution is 2.32. The van der Waals surface area contributed by atoms with Crippen molar-refractivity contribution in [2.45, 2.75) is 57.9 Å². The lowest BCUT2D eigenvalue weighted by atomic mass is 9.96. The number of likely N-dealkylation sites (tertiary alicyclic amines) is 1. The number of aryl methyl sites for hydroxylation is 1. The third-order valence-electron chi connectivity index (χ3n) is 6.79. The maximum absolute atomic E-state index is 13.0. The number of aromatic nitrogens is 3. The molecule has 2 aromatic heterocycles. The van der Waals surface area contributed by atoms with Crippen molar-refractivity contribution in [3.8, 4) is 0 Å². The van der Waals surface area contributed by atoms with E-state index >= 15 is 0 Å². The van der Waals surface area contributed by atoms with E-state index in [-0.39, 0.29) is 5.91 Å². The first-order valence-electron chi connectivity index (χ1n) is 11.9. The highest BCUT2D eigenvalue weighted by molar-refractivity contribution is 5.83. The van der Waals surface area contributed by atoms with E-state index in [1.54, 1.807) is 0 Å². The summed E-state index contributed by atoms with van der Waals surface area (Å²) in [7, 11) is 0. The van der Waals surface area contributed by atoms with Crippen LogP contribution in [0.1, 0.15) is 62.9 Å². The predicted molar refractivity (Wildman–Crippen MR) is 130 cm³/mol. The molecule has 4 aromatic rings.